The maximum absolute atomic E-state index is 4.90. The highest BCUT2D eigenvalue weighted by atomic mass is 32.4. The second-order valence-electron chi connectivity index (χ2n) is 1.75. The van der Waals surface area contributed by atoms with Crippen molar-refractivity contribution in [1.29, 1.82) is 0 Å². The average Bonchev–Trinajstić information content (AvgIpc) is 1.89. The lowest BCUT2D eigenvalue weighted by Gasteiger charge is -1.96. The van der Waals surface area contributed by atoms with Crippen molar-refractivity contribution >= 4 is 32.5 Å². The molecular weight excluding hydrogens is 168 g/mol. The Kier molecular flexibility index (Phi) is 9.74. The van der Waals surface area contributed by atoms with E-state index in [1.807, 2.05) is 11.2 Å². The molecule has 0 aromatic heterocycles. The molecule has 0 fully saturated rings. The van der Waals surface area contributed by atoms with Crippen LogP contribution in [0.15, 0.2) is 0 Å². The monoisotopic (exact) mass is 182 g/mol. The van der Waals surface area contributed by atoms with Gasteiger partial charge in [-0.1, -0.05) is 6.04 Å². The van der Waals surface area contributed by atoms with Gasteiger partial charge in [-0.25, -0.2) is 0 Å². The SMILES string of the molecule is COCS[SiH2]CCCS. The Morgan fingerprint density at radius 1 is 1.67 bits per heavy atom. The number of thiol groups is 1. The molecule has 1 nitrogen and oxygen atoms in total. The third-order valence-electron chi connectivity index (χ3n) is 0.898. The minimum absolute atomic E-state index is 0.132. The molecule has 0 aliphatic rings. The van der Waals surface area contributed by atoms with Gasteiger partial charge in [-0.05, 0) is 12.2 Å². The van der Waals surface area contributed by atoms with Crippen molar-refractivity contribution in [2.24, 2.45) is 0 Å². The number of hydrogen-bond donors (Lipinski definition) is 1. The van der Waals surface area contributed by atoms with E-state index in [1.54, 1.807) is 7.11 Å². The van der Waals surface area contributed by atoms with Crippen molar-refractivity contribution < 1.29 is 4.74 Å². The molecule has 0 atom stereocenters. The molecule has 0 saturated carbocycles. The van der Waals surface area contributed by atoms with Crippen molar-refractivity contribution in [1.82, 2.24) is 0 Å². The van der Waals surface area contributed by atoms with E-state index in [4.69, 9.17) is 4.74 Å². The van der Waals surface area contributed by atoms with E-state index in [0.717, 1.165) is 11.7 Å². The van der Waals surface area contributed by atoms with Crippen LogP contribution >= 0.6 is 23.8 Å². The minimum Gasteiger partial charge on any atom is -0.375 e. The lowest BCUT2D eigenvalue weighted by molar-refractivity contribution is 0.259. The summed E-state index contributed by atoms with van der Waals surface area (Å²) in [6.07, 6.45) is 1.28. The van der Waals surface area contributed by atoms with Gasteiger partial charge in [0.25, 0.3) is 0 Å². The third-order valence-corrected chi connectivity index (χ3v) is 4.93. The van der Waals surface area contributed by atoms with E-state index in [9.17, 15) is 0 Å². The number of hydrogen-bond acceptors (Lipinski definition) is 3. The molecule has 0 spiro atoms. The summed E-state index contributed by atoms with van der Waals surface area (Å²) in [5.41, 5.74) is 0. The van der Waals surface area contributed by atoms with Crippen LogP contribution in [0.5, 0.6) is 0 Å². The van der Waals surface area contributed by atoms with Crippen molar-refractivity contribution in [3.05, 3.63) is 0 Å². The van der Waals surface area contributed by atoms with Crippen molar-refractivity contribution in [3.8, 4) is 0 Å². The summed E-state index contributed by atoms with van der Waals surface area (Å²) in [5.74, 6) is 1.93. The van der Waals surface area contributed by atoms with Gasteiger partial charge >= 0.3 is 0 Å². The Bertz CT molecular complexity index is 48.2. The zero-order valence-corrected chi connectivity index (χ0v) is 8.92. The Morgan fingerprint density at radius 3 is 3.00 bits per heavy atom. The van der Waals surface area contributed by atoms with Gasteiger partial charge in [0.05, 0.1) is 14.6 Å². The molecule has 0 unspecified atom stereocenters. The molecule has 56 valence electrons. The van der Waals surface area contributed by atoms with Crippen LogP contribution in [0.25, 0.3) is 0 Å². The molecule has 0 N–H and O–H groups in total. The first-order valence-electron chi connectivity index (χ1n) is 3.09. The fraction of sp³-hybridized carbons (Fsp3) is 1.00. The van der Waals surface area contributed by atoms with Gasteiger partial charge in [0.2, 0.25) is 0 Å². The molecule has 0 radical (unpaired) electrons. The predicted octanol–water partition coefficient (Wildman–Crippen LogP) is 1.15. The fourth-order valence-electron chi connectivity index (χ4n) is 0.458. The van der Waals surface area contributed by atoms with Crippen LogP contribution < -0.4 is 0 Å². The first-order valence-corrected chi connectivity index (χ1v) is 7.61. The molecule has 0 aliphatic heterocycles. The highest BCUT2D eigenvalue weighted by Gasteiger charge is 1.87. The van der Waals surface area contributed by atoms with Crippen LogP contribution in [0.4, 0.5) is 0 Å². The molecular formula is C5H14OS2Si. The molecule has 0 heterocycles. The van der Waals surface area contributed by atoms with Gasteiger partial charge in [0.1, 0.15) is 0 Å². The Hall–Kier alpha value is 0.877. The molecule has 0 aromatic rings. The van der Waals surface area contributed by atoms with Crippen LogP contribution in [0.3, 0.4) is 0 Å². The van der Waals surface area contributed by atoms with Crippen LogP contribution in [-0.2, 0) is 4.74 Å². The van der Waals surface area contributed by atoms with Gasteiger partial charge in [0.15, 0.2) is 0 Å². The summed E-state index contributed by atoms with van der Waals surface area (Å²) < 4.78 is 4.90. The van der Waals surface area contributed by atoms with Gasteiger partial charge in [-0.15, -0.1) is 0 Å². The third kappa shape index (κ3) is 8.88. The van der Waals surface area contributed by atoms with Gasteiger partial charge < -0.3 is 4.74 Å². The van der Waals surface area contributed by atoms with E-state index < -0.39 is 0 Å². The summed E-state index contributed by atoms with van der Waals surface area (Å²) in [5, 5.41) is 0. The topological polar surface area (TPSA) is 9.23 Å². The molecule has 4 heteroatoms. The normalized spacial score (nSPS) is 11.3. The molecule has 0 rings (SSSR count). The van der Waals surface area contributed by atoms with Gasteiger partial charge in [-0.3, -0.25) is 0 Å². The van der Waals surface area contributed by atoms with E-state index in [1.165, 1.54) is 12.5 Å². The molecule has 9 heavy (non-hydrogen) atoms. The summed E-state index contributed by atoms with van der Waals surface area (Å²) in [6, 6.07) is 1.40. The van der Waals surface area contributed by atoms with Crippen LogP contribution in [0, 0.1) is 0 Å². The Morgan fingerprint density at radius 2 is 2.44 bits per heavy atom. The highest BCUT2D eigenvalue weighted by molar-refractivity contribution is 8.22. The fourth-order valence-corrected chi connectivity index (χ4v) is 4.12. The summed E-state index contributed by atoms with van der Waals surface area (Å²) in [4.78, 5) is 0. The zero-order chi connectivity index (χ0) is 6.95. The maximum Gasteiger partial charge on any atom is 0.0884 e. The van der Waals surface area contributed by atoms with Crippen molar-refractivity contribution in [2.75, 3.05) is 18.8 Å². The maximum atomic E-state index is 4.90. The standard InChI is InChI=1S/C5H14OS2Si/c1-6-5-8-9-4-2-3-7/h7H,2-5,9H2,1H3. The summed E-state index contributed by atoms with van der Waals surface area (Å²) >= 11 is 6.10. The molecule has 0 aliphatic carbocycles. The van der Waals surface area contributed by atoms with Crippen molar-refractivity contribution in [2.45, 2.75) is 12.5 Å². The smallest absolute Gasteiger partial charge is 0.0884 e. The average molecular weight is 182 g/mol. The lowest BCUT2D eigenvalue weighted by Crippen LogP contribution is -1.88. The number of methoxy groups -OCH3 is 1. The van der Waals surface area contributed by atoms with Gasteiger partial charge in [0, 0.05) is 7.11 Å². The number of rotatable bonds is 6. The van der Waals surface area contributed by atoms with E-state index in [0.29, 0.717) is 0 Å². The van der Waals surface area contributed by atoms with Crippen LogP contribution in [0.2, 0.25) is 6.04 Å². The minimum atomic E-state index is 0.132. The zero-order valence-electron chi connectivity index (χ0n) is 5.80. The first kappa shape index (κ1) is 9.88. The molecule has 0 saturated heterocycles. The lowest BCUT2D eigenvalue weighted by atomic mass is 10.6. The molecule has 0 bridgehead atoms. The van der Waals surface area contributed by atoms with E-state index in [2.05, 4.69) is 12.6 Å². The second-order valence-corrected chi connectivity index (χ2v) is 6.40. The molecule has 0 aromatic carbocycles. The number of ether oxygens (including phenoxy) is 1. The van der Waals surface area contributed by atoms with Gasteiger partial charge in [-0.2, -0.15) is 23.8 Å². The second kappa shape index (κ2) is 8.88. The first-order chi connectivity index (χ1) is 4.41. The molecule has 0 amide bonds. The largest absolute Gasteiger partial charge is 0.375 e. The summed E-state index contributed by atoms with van der Waals surface area (Å²) in [7, 11) is 1.88. The van der Waals surface area contributed by atoms with Crippen LogP contribution in [-0.4, -0.2) is 27.5 Å². The highest BCUT2D eigenvalue weighted by Crippen LogP contribution is 2.02. The van der Waals surface area contributed by atoms with Crippen LogP contribution in [0.1, 0.15) is 6.42 Å². The summed E-state index contributed by atoms with van der Waals surface area (Å²) in [6.45, 7) is 0. The van der Waals surface area contributed by atoms with E-state index in [-0.39, 0.29) is 8.67 Å². The van der Waals surface area contributed by atoms with Crippen molar-refractivity contribution in [3.63, 3.8) is 0 Å². The van der Waals surface area contributed by atoms with E-state index >= 15 is 0 Å². The predicted molar refractivity (Wildman–Crippen MR) is 51.3 cm³/mol. The Labute approximate surface area is 68.8 Å². The quantitative estimate of drug-likeness (QED) is 0.286. The Balaban J connectivity index is 2.60.